The van der Waals surface area contributed by atoms with Crippen molar-refractivity contribution in [3.63, 3.8) is 0 Å². The summed E-state index contributed by atoms with van der Waals surface area (Å²) in [6, 6.07) is 13.9. The molecule has 5 rings (SSSR count). The number of hydrogen-bond donors (Lipinski definition) is 2. The van der Waals surface area contributed by atoms with Crippen molar-refractivity contribution >= 4 is 40.5 Å². The number of benzene rings is 1. The first-order chi connectivity index (χ1) is 17.9. The number of anilines is 1. The average molecular weight is 539 g/mol. The van der Waals surface area contributed by atoms with Crippen LogP contribution < -0.4 is 15.8 Å². The number of carbonyl (C=O) groups excluding carboxylic acids is 1. The fourth-order valence-electron chi connectivity index (χ4n) is 4.31. The van der Waals surface area contributed by atoms with Gasteiger partial charge in [-0.05, 0) is 49.2 Å². The minimum atomic E-state index is -0.780. The number of carboxylic acid groups (broad SMARTS) is 1. The van der Waals surface area contributed by atoms with Crippen molar-refractivity contribution in [2.75, 3.05) is 18.0 Å². The number of rotatable bonds is 7. The smallest absolute Gasteiger partial charge is 0.306 e. The Hall–Kier alpha value is -3.96. The summed E-state index contributed by atoms with van der Waals surface area (Å²) in [5.74, 6) is -1.40. The molecular formula is C25H23ClN6O4S. The number of halogens is 1. The van der Waals surface area contributed by atoms with E-state index in [-0.39, 0.29) is 23.9 Å². The standard InChI is InChI=1S/C25H23ClN6O4S/c26-22-7-6-21(37-22)24(34)27-14-17-15-32(29-28-17)19-5-4-18(31-10-2-1-3-23(31)33)13-20(19)30-11-8-16(9-12-30)25(35)36/h1-7,10,13,15-16H,8-9,11-12,14H2,(H,27,34)(H,35,36). The Morgan fingerprint density at radius 1 is 1.11 bits per heavy atom. The fraction of sp³-hybridized carbons (Fsp3) is 0.240. The zero-order chi connectivity index (χ0) is 25.9. The fourth-order valence-corrected chi connectivity index (χ4v) is 5.27. The minimum absolute atomic E-state index is 0.156. The molecule has 0 unspecified atom stereocenters. The molecular weight excluding hydrogens is 516 g/mol. The van der Waals surface area contributed by atoms with Gasteiger partial charge in [-0.1, -0.05) is 22.9 Å². The molecule has 0 radical (unpaired) electrons. The van der Waals surface area contributed by atoms with E-state index in [1.165, 1.54) is 17.4 Å². The molecule has 1 fully saturated rings. The predicted molar refractivity (Wildman–Crippen MR) is 140 cm³/mol. The number of aliphatic carboxylic acids is 1. The second-order valence-electron chi connectivity index (χ2n) is 8.62. The van der Waals surface area contributed by atoms with Crippen molar-refractivity contribution < 1.29 is 14.7 Å². The molecule has 10 nitrogen and oxygen atoms in total. The van der Waals surface area contributed by atoms with Gasteiger partial charge in [-0.2, -0.15) is 0 Å². The van der Waals surface area contributed by atoms with Gasteiger partial charge >= 0.3 is 5.97 Å². The highest BCUT2D eigenvalue weighted by Gasteiger charge is 2.26. The number of nitrogens with one attached hydrogen (secondary N) is 1. The average Bonchev–Trinajstić information content (AvgIpc) is 3.56. The van der Waals surface area contributed by atoms with Gasteiger partial charge in [-0.15, -0.1) is 16.4 Å². The number of thiophene rings is 1. The van der Waals surface area contributed by atoms with Crippen molar-refractivity contribution in [3.05, 3.63) is 86.2 Å². The summed E-state index contributed by atoms with van der Waals surface area (Å²) in [6.07, 6.45) is 4.48. The van der Waals surface area contributed by atoms with Crippen molar-refractivity contribution in [2.24, 2.45) is 5.92 Å². The maximum absolute atomic E-state index is 12.4. The molecule has 0 saturated carbocycles. The van der Waals surface area contributed by atoms with Crippen LogP contribution in [0.5, 0.6) is 0 Å². The van der Waals surface area contributed by atoms with E-state index in [0.29, 0.717) is 46.5 Å². The van der Waals surface area contributed by atoms with Crippen molar-refractivity contribution in [1.82, 2.24) is 24.9 Å². The Balaban J connectivity index is 1.42. The van der Waals surface area contributed by atoms with Gasteiger partial charge in [0.2, 0.25) is 0 Å². The molecule has 1 amide bonds. The maximum atomic E-state index is 12.4. The minimum Gasteiger partial charge on any atom is -0.481 e. The third-order valence-corrected chi connectivity index (χ3v) is 7.49. The lowest BCUT2D eigenvalue weighted by Crippen LogP contribution is -2.37. The monoisotopic (exact) mass is 538 g/mol. The molecule has 12 heteroatoms. The van der Waals surface area contributed by atoms with Gasteiger partial charge < -0.3 is 15.3 Å². The summed E-state index contributed by atoms with van der Waals surface area (Å²) < 4.78 is 3.72. The first-order valence-corrected chi connectivity index (χ1v) is 12.8. The van der Waals surface area contributed by atoms with Crippen molar-refractivity contribution in [2.45, 2.75) is 19.4 Å². The number of pyridine rings is 1. The quantitative estimate of drug-likeness (QED) is 0.370. The van der Waals surface area contributed by atoms with E-state index in [1.54, 1.807) is 45.9 Å². The Bertz CT molecular complexity index is 1500. The third-order valence-electron chi connectivity index (χ3n) is 6.26. The zero-order valence-corrected chi connectivity index (χ0v) is 21.2. The highest BCUT2D eigenvalue weighted by molar-refractivity contribution is 7.18. The number of carbonyl (C=O) groups is 2. The number of nitrogens with zero attached hydrogens (tertiary/aromatic N) is 5. The van der Waals surface area contributed by atoms with Crippen LogP contribution in [0, 0.1) is 5.92 Å². The van der Waals surface area contributed by atoms with Crippen LogP contribution in [0.1, 0.15) is 28.2 Å². The molecule has 3 aromatic heterocycles. The van der Waals surface area contributed by atoms with Gasteiger partial charge in [-0.3, -0.25) is 19.0 Å². The maximum Gasteiger partial charge on any atom is 0.306 e. The van der Waals surface area contributed by atoms with E-state index in [9.17, 15) is 19.5 Å². The highest BCUT2D eigenvalue weighted by atomic mass is 35.5. The second kappa shape index (κ2) is 10.6. The van der Waals surface area contributed by atoms with Crippen LogP contribution in [0.4, 0.5) is 5.69 Å². The van der Waals surface area contributed by atoms with Crippen LogP contribution in [0.15, 0.2) is 65.7 Å². The highest BCUT2D eigenvalue weighted by Crippen LogP contribution is 2.31. The first kappa shape index (κ1) is 24.7. The SMILES string of the molecule is O=C(NCc1cn(-c2ccc(-n3ccccc3=O)cc2N2CCC(C(=O)O)CC2)nn1)c1ccc(Cl)s1. The molecule has 37 heavy (non-hydrogen) atoms. The zero-order valence-electron chi connectivity index (χ0n) is 19.6. The van der Waals surface area contributed by atoms with Crippen LogP contribution in [-0.4, -0.2) is 49.6 Å². The van der Waals surface area contributed by atoms with Crippen molar-refractivity contribution in [3.8, 4) is 11.4 Å². The molecule has 0 atom stereocenters. The second-order valence-corrected chi connectivity index (χ2v) is 10.3. The molecule has 1 aliphatic rings. The van der Waals surface area contributed by atoms with E-state index in [2.05, 4.69) is 20.5 Å². The normalized spacial score (nSPS) is 14.0. The van der Waals surface area contributed by atoms with Crippen LogP contribution >= 0.6 is 22.9 Å². The van der Waals surface area contributed by atoms with Gasteiger partial charge in [0.15, 0.2) is 0 Å². The van der Waals surface area contributed by atoms with Gasteiger partial charge in [0.1, 0.15) is 5.69 Å². The molecule has 190 valence electrons. The summed E-state index contributed by atoms with van der Waals surface area (Å²) in [5.41, 5.74) is 2.64. The number of hydrogen-bond acceptors (Lipinski definition) is 7. The van der Waals surface area contributed by atoms with Gasteiger partial charge in [0.25, 0.3) is 11.5 Å². The van der Waals surface area contributed by atoms with E-state index >= 15 is 0 Å². The number of aromatic nitrogens is 4. The topological polar surface area (TPSA) is 122 Å². The number of carboxylic acids is 1. The number of amides is 1. The molecule has 1 aromatic carbocycles. The van der Waals surface area contributed by atoms with E-state index in [1.807, 2.05) is 18.2 Å². The molecule has 1 saturated heterocycles. The lowest BCUT2D eigenvalue weighted by atomic mass is 9.96. The summed E-state index contributed by atoms with van der Waals surface area (Å²) >= 11 is 7.11. The molecule has 4 aromatic rings. The Morgan fingerprint density at radius 2 is 1.92 bits per heavy atom. The molecule has 0 spiro atoms. The van der Waals surface area contributed by atoms with Crippen LogP contribution in [0.3, 0.4) is 0 Å². The molecule has 4 heterocycles. The Kier molecular flexibility index (Phi) is 7.06. The largest absolute Gasteiger partial charge is 0.481 e. The lowest BCUT2D eigenvalue weighted by Gasteiger charge is -2.33. The lowest BCUT2D eigenvalue weighted by molar-refractivity contribution is -0.142. The van der Waals surface area contributed by atoms with Gasteiger partial charge in [0, 0.05) is 25.4 Å². The van der Waals surface area contributed by atoms with Crippen molar-refractivity contribution in [1.29, 1.82) is 0 Å². The summed E-state index contributed by atoms with van der Waals surface area (Å²) in [7, 11) is 0. The summed E-state index contributed by atoms with van der Waals surface area (Å²) in [5, 5.41) is 20.7. The van der Waals surface area contributed by atoms with Crippen LogP contribution in [0.2, 0.25) is 4.34 Å². The molecule has 0 aliphatic carbocycles. The Morgan fingerprint density at radius 3 is 2.62 bits per heavy atom. The summed E-state index contributed by atoms with van der Waals surface area (Å²) in [4.78, 5) is 38.9. The molecule has 1 aliphatic heterocycles. The Labute approximate surface area is 220 Å². The van der Waals surface area contributed by atoms with E-state index in [4.69, 9.17) is 11.6 Å². The third kappa shape index (κ3) is 5.42. The first-order valence-electron chi connectivity index (χ1n) is 11.6. The predicted octanol–water partition coefficient (Wildman–Crippen LogP) is 3.36. The summed E-state index contributed by atoms with van der Waals surface area (Å²) in [6.45, 7) is 1.29. The van der Waals surface area contributed by atoms with Crippen LogP contribution in [0.25, 0.3) is 11.4 Å². The van der Waals surface area contributed by atoms with Gasteiger partial charge in [-0.25, -0.2) is 4.68 Å². The number of piperidine rings is 1. The van der Waals surface area contributed by atoms with Gasteiger partial charge in [0.05, 0.1) is 44.9 Å². The van der Waals surface area contributed by atoms with Crippen LogP contribution in [-0.2, 0) is 11.3 Å². The van der Waals surface area contributed by atoms with E-state index < -0.39 is 5.97 Å². The van der Waals surface area contributed by atoms with E-state index in [0.717, 1.165) is 11.4 Å². The molecule has 0 bridgehead atoms. The molecule has 2 N–H and O–H groups in total.